The predicted molar refractivity (Wildman–Crippen MR) is 122 cm³/mol. The van der Waals surface area contributed by atoms with Gasteiger partial charge in [0, 0.05) is 17.5 Å². The van der Waals surface area contributed by atoms with Crippen LogP contribution in [0.3, 0.4) is 0 Å². The van der Waals surface area contributed by atoms with Crippen LogP contribution in [0.5, 0.6) is 0 Å². The second kappa shape index (κ2) is 8.69. The molecule has 11 heteroatoms. The van der Waals surface area contributed by atoms with Crippen LogP contribution in [0.2, 0.25) is 20.1 Å². The zero-order chi connectivity index (χ0) is 21.4. The van der Waals surface area contributed by atoms with Gasteiger partial charge >= 0.3 is 0 Å². The molecule has 0 bridgehead atoms. The van der Waals surface area contributed by atoms with E-state index in [4.69, 9.17) is 50.8 Å². The smallest absolute Gasteiger partial charge is 0.234 e. The van der Waals surface area contributed by atoms with Gasteiger partial charge in [0.15, 0.2) is 16.7 Å². The van der Waals surface area contributed by atoms with Crippen LogP contribution in [0.1, 0.15) is 0 Å². The number of nitrogens with one attached hydrogen (secondary N) is 1. The van der Waals surface area contributed by atoms with E-state index in [2.05, 4.69) is 15.5 Å². The minimum absolute atomic E-state index is 0.0955. The Bertz CT molecular complexity index is 1270. The molecule has 4 rings (SSSR count). The number of carbonyl (C=O) groups excluding carboxylic acids is 1. The van der Waals surface area contributed by atoms with Gasteiger partial charge in [-0.05, 0) is 36.4 Å². The number of hydrogen-bond acceptors (Lipinski definition) is 5. The third-order valence-electron chi connectivity index (χ3n) is 4.15. The number of nitrogens with zero attached hydrogens (tertiary/aromatic N) is 3. The molecule has 154 valence electrons. The van der Waals surface area contributed by atoms with Crippen LogP contribution >= 0.6 is 58.2 Å². The first-order valence-electron chi connectivity index (χ1n) is 8.48. The maximum atomic E-state index is 12.3. The summed E-state index contributed by atoms with van der Waals surface area (Å²) >= 11 is 25.2. The van der Waals surface area contributed by atoms with Gasteiger partial charge in [-0.15, -0.1) is 10.2 Å². The molecule has 0 aliphatic heterocycles. The molecule has 0 aliphatic carbocycles. The normalized spacial score (nSPS) is 11.2. The molecule has 0 spiro atoms. The first-order chi connectivity index (χ1) is 14.3. The molecule has 2 aromatic heterocycles. The number of fused-ring (bicyclic) bond motifs is 1. The standard InChI is InChI=1S/C19H12Cl4N4O2S/c1-27-18(16-5-9-4-10(20)2-3-15(9)29-16)25-26-19(27)30-8-17(28)24-14-7-12(22)11(21)6-13(14)23/h2-7H,8H2,1H3,(H,24,28). The van der Waals surface area contributed by atoms with E-state index >= 15 is 0 Å². The second-order valence-electron chi connectivity index (χ2n) is 6.24. The molecule has 0 radical (unpaired) electrons. The molecule has 2 heterocycles. The third kappa shape index (κ3) is 4.40. The second-order valence-corrected chi connectivity index (χ2v) is 8.84. The number of rotatable bonds is 5. The Hall–Kier alpha value is -1.90. The van der Waals surface area contributed by atoms with Crippen molar-refractivity contribution < 1.29 is 9.21 Å². The van der Waals surface area contributed by atoms with Crippen LogP contribution < -0.4 is 5.32 Å². The average molecular weight is 502 g/mol. The van der Waals surface area contributed by atoms with E-state index in [1.165, 1.54) is 23.9 Å². The fraction of sp³-hybridized carbons (Fsp3) is 0.105. The Morgan fingerprint density at radius 2 is 1.83 bits per heavy atom. The fourth-order valence-electron chi connectivity index (χ4n) is 2.71. The summed E-state index contributed by atoms with van der Waals surface area (Å²) in [5.74, 6) is 0.917. The van der Waals surface area contributed by atoms with Gasteiger partial charge in [-0.3, -0.25) is 4.79 Å². The third-order valence-corrected chi connectivity index (χ3v) is 6.44. The highest BCUT2D eigenvalue weighted by Gasteiger charge is 2.17. The van der Waals surface area contributed by atoms with Crippen molar-refractivity contribution in [3.63, 3.8) is 0 Å². The number of carbonyl (C=O) groups is 1. The Morgan fingerprint density at radius 1 is 1.07 bits per heavy atom. The zero-order valence-electron chi connectivity index (χ0n) is 15.2. The van der Waals surface area contributed by atoms with Gasteiger partial charge in [-0.2, -0.15) is 0 Å². The summed E-state index contributed by atoms with van der Waals surface area (Å²) in [5.41, 5.74) is 1.08. The van der Waals surface area contributed by atoms with Crippen LogP contribution in [-0.2, 0) is 11.8 Å². The van der Waals surface area contributed by atoms with Crippen molar-refractivity contribution >= 4 is 80.7 Å². The molecule has 0 unspecified atom stereocenters. The van der Waals surface area contributed by atoms with Crippen LogP contribution in [0, 0.1) is 0 Å². The predicted octanol–water partition coefficient (Wildman–Crippen LogP) is 6.57. The lowest BCUT2D eigenvalue weighted by Crippen LogP contribution is -2.14. The first-order valence-corrected chi connectivity index (χ1v) is 11.0. The summed E-state index contributed by atoms with van der Waals surface area (Å²) in [6, 6.07) is 10.2. The zero-order valence-corrected chi connectivity index (χ0v) is 19.1. The molecule has 0 saturated carbocycles. The molecule has 1 N–H and O–H groups in total. The molecule has 0 fully saturated rings. The molecular formula is C19H12Cl4N4O2S. The lowest BCUT2D eigenvalue weighted by molar-refractivity contribution is -0.113. The van der Waals surface area contributed by atoms with Crippen molar-refractivity contribution in [2.75, 3.05) is 11.1 Å². The van der Waals surface area contributed by atoms with Crippen LogP contribution in [0.4, 0.5) is 5.69 Å². The number of furan rings is 1. The molecule has 30 heavy (non-hydrogen) atoms. The van der Waals surface area contributed by atoms with Crippen LogP contribution in [0.15, 0.2) is 46.0 Å². The molecule has 0 saturated heterocycles. The van der Waals surface area contributed by atoms with E-state index in [0.717, 1.165) is 5.39 Å². The molecule has 0 atom stereocenters. The van der Waals surface area contributed by atoms with Crippen molar-refractivity contribution in [1.29, 1.82) is 0 Å². The average Bonchev–Trinajstić information content (AvgIpc) is 3.27. The monoisotopic (exact) mass is 500 g/mol. The highest BCUT2D eigenvalue weighted by Crippen LogP contribution is 2.33. The van der Waals surface area contributed by atoms with Crippen molar-refractivity contribution in [3.8, 4) is 11.6 Å². The largest absolute Gasteiger partial charge is 0.453 e. The number of thioether (sulfide) groups is 1. The van der Waals surface area contributed by atoms with Crippen LogP contribution in [-0.4, -0.2) is 26.4 Å². The molecule has 4 aromatic rings. The summed E-state index contributed by atoms with van der Waals surface area (Å²) in [4.78, 5) is 12.3. The topological polar surface area (TPSA) is 73.0 Å². The van der Waals surface area contributed by atoms with Gasteiger partial charge in [0.25, 0.3) is 0 Å². The highest BCUT2D eigenvalue weighted by molar-refractivity contribution is 7.99. The Labute approximate surface area is 195 Å². The van der Waals surface area contributed by atoms with E-state index < -0.39 is 0 Å². The van der Waals surface area contributed by atoms with Crippen molar-refractivity contribution in [3.05, 3.63) is 56.5 Å². The molecule has 6 nitrogen and oxygen atoms in total. The molecule has 1 amide bonds. The Morgan fingerprint density at radius 3 is 2.63 bits per heavy atom. The van der Waals surface area contributed by atoms with E-state index in [1.54, 1.807) is 23.7 Å². The van der Waals surface area contributed by atoms with E-state index in [0.29, 0.717) is 48.1 Å². The number of amides is 1. The van der Waals surface area contributed by atoms with Crippen molar-refractivity contribution in [1.82, 2.24) is 14.8 Å². The van der Waals surface area contributed by atoms with Crippen LogP contribution in [0.25, 0.3) is 22.6 Å². The first kappa shape index (κ1) is 21.3. The molecular weight excluding hydrogens is 490 g/mol. The summed E-state index contributed by atoms with van der Waals surface area (Å²) in [6.45, 7) is 0. The SMILES string of the molecule is Cn1c(SCC(=O)Nc2cc(Cl)c(Cl)cc2Cl)nnc1-c1cc2cc(Cl)ccc2o1. The summed E-state index contributed by atoms with van der Waals surface area (Å²) < 4.78 is 7.59. The lowest BCUT2D eigenvalue weighted by atomic mass is 10.2. The minimum atomic E-state index is -0.275. The quantitative estimate of drug-likeness (QED) is 0.247. The highest BCUT2D eigenvalue weighted by atomic mass is 35.5. The summed E-state index contributed by atoms with van der Waals surface area (Å²) in [7, 11) is 1.80. The van der Waals surface area contributed by atoms with Gasteiger partial charge in [0.1, 0.15) is 5.58 Å². The van der Waals surface area contributed by atoms with Gasteiger partial charge < -0.3 is 14.3 Å². The molecule has 2 aromatic carbocycles. The van der Waals surface area contributed by atoms with E-state index in [-0.39, 0.29) is 11.7 Å². The van der Waals surface area contributed by atoms with Crippen molar-refractivity contribution in [2.45, 2.75) is 5.16 Å². The van der Waals surface area contributed by atoms with Crippen molar-refractivity contribution in [2.24, 2.45) is 7.05 Å². The van der Waals surface area contributed by atoms with Gasteiger partial charge in [0.2, 0.25) is 5.91 Å². The van der Waals surface area contributed by atoms with Gasteiger partial charge in [0.05, 0.1) is 26.5 Å². The Kier molecular flexibility index (Phi) is 6.18. The fourth-order valence-corrected chi connectivity index (χ4v) is 4.20. The summed E-state index contributed by atoms with van der Waals surface area (Å²) in [5, 5.41) is 14.0. The minimum Gasteiger partial charge on any atom is -0.453 e. The number of aromatic nitrogens is 3. The van der Waals surface area contributed by atoms with E-state index in [1.807, 2.05) is 12.1 Å². The lowest BCUT2D eigenvalue weighted by Gasteiger charge is -2.08. The number of hydrogen-bond donors (Lipinski definition) is 1. The van der Waals surface area contributed by atoms with E-state index in [9.17, 15) is 4.79 Å². The number of halogens is 4. The Balaban J connectivity index is 1.46. The van der Waals surface area contributed by atoms with Gasteiger partial charge in [-0.25, -0.2) is 0 Å². The maximum Gasteiger partial charge on any atom is 0.234 e. The molecule has 0 aliphatic rings. The number of anilines is 1. The van der Waals surface area contributed by atoms with Gasteiger partial charge in [-0.1, -0.05) is 58.2 Å². The maximum absolute atomic E-state index is 12.3. The number of benzene rings is 2. The summed E-state index contributed by atoms with van der Waals surface area (Å²) in [6.07, 6.45) is 0.